The third-order valence-corrected chi connectivity index (χ3v) is 4.61. The highest BCUT2D eigenvalue weighted by atomic mass is 79.9. The summed E-state index contributed by atoms with van der Waals surface area (Å²) in [6, 6.07) is 13.7. The van der Waals surface area contributed by atoms with E-state index in [9.17, 15) is 0 Å². The van der Waals surface area contributed by atoms with E-state index in [1.54, 1.807) is 16.9 Å². The lowest BCUT2D eigenvalue weighted by molar-refractivity contribution is 0.776. The monoisotopic (exact) mass is 395 g/mol. The number of halogens is 3. The first kappa shape index (κ1) is 15.4. The number of nitrogens with zero attached hydrogens (tertiary/aromatic N) is 2. The Labute approximate surface area is 147 Å². The van der Waals surface area contributed by atoms with Crippen molar-refractivity contribution in [2.24, 2.45) is 7.05 Å². The van der Waals surface area contributed by atoms with Crippen molar-refractivity contribution in [3.8, 4) is 11.1 Å². The average molecular weight is 397 g/mol. The van der Waals surface area contributed by atoms with E-state index in [1.807, 2.05) is 43.4 Å². The number of hydrogen-bond acceptors (Lipinski definition) is 2. The molecule has 0 fully saturated rings. The highest BCUT2D eigenvalue weighted by molar-refractivity contribution is 9.10. The summed E-state index contributed by atoms with van der Waals surface area (Å²) >= 11 is 15.5. The molecule has 1 heterocycles. The van der Waals surface area contributed by atoms with Gasteiger partial charge in [0.1, 0.15) is 5.82 Å². The topological polar surface area (TPSA) is 29.9 Å². The van der Waals surface area contributed by atoms with Crippen molar-refractivity contribution in [3.63, 3.8) is 0 Å². The Morgan fingerprint density at radius 1 is 1.00 bits per heavy atom. The Hall–Kier alpha value is -1.49. The fourth-order valence-electron chi connectivity index (χ4n) is 2.11. The summed E-state index contributed by atoms with van der Waals surface area (Å²) in [4.78, 5) is 0. The number of anilines is 2. The van der Waals surface area contributed by atoms with Gasteiger partial charge in [-0.05, 0) is 51.3 Å². The number of aromatic nitrogens is 2. The maximum Gasteiger partial charge on any atom is 0.142 e. The van der Waals surface area contributed by atoms with Crippen LogP contribution in [0.5, 0.6) is 0 Å². The van der Waals surface area contributed by atoms with E-state index in [4.69, 9.17) is 23.2 Å². The van der Waals surface area contributed by atoms with E-state index in [-0.39, 0.29) is 0 Å². The predicted octanol–water partition coefficient (Wildman–Crippen LogP) is 5.90. The van der Waals surface area contributed by atoms with Crippen molar-refractivity contribution in [1.29, 1.82) is 0 Å². The second kappa shape index (κ2) is 6.32. The normalized spacial score (nSPS) is 10.7. The van der Waals surface area contributed by atoms with Gasteiger partial charge in [-0.25, -0.2) is 0 Å². The van der Waals surface area contributed by atoms with Gasteiger partial charge in [-0.1, -0.05) is 41.4 Å². The SMILES string of the molecule is Cn1ncc(Br)c1Nc1ccc(-c2ccc(Cl)c(Cl)c2)cc1. The van der Waals surface area contributed by atoms with Gasteiger partial charge in [0.2, 0.25) is 0 Å². The van der Waals surface area contributed by atoms with E-state index in [1.165, 1.54) is 0 Å². The van der Waals surface area contributed by atoms with Crippen molar-refractivity contribution in [2.45, 2.75) is 0 Å². The quantitative estimate of drug-likeness (QED) is 0.597. The van der Waals surface area contributed by atoms with Gasteiger partial charge in [0, 0.05) is 12.7 Å². The molecule has 3 rings (SSSR count). The number of aryl methyl sites for hydroxylation is 1. The highest BCUT2D eigenvalue weighted by Crippen LogP contribution is 2.30. The summed E-state index contributed by atoms with van der Waals surface area (Å²) in [5.74, 6) is 0.905. The summed E-state index contributed by atoms with van der Waals surface area (Å²) in [6.45, 7) is 0. The lowest BCUT2D eigenvalue weighted by atomic mass is 10.1. The standard InChI is InChI=1S/C16H12BrCl2N3/c1-22-16(13(17)9-20-22)21-12-5-2-10(3-6-12)11-4-7-14(18)15(19)8-11/h2-9,21H,1H3. The summed E-state index contributed by atoms with van der Waals surface area (Å²) in [5.41, 5.74) is 3.09. The highest BCUT2D eigenvalue weighted by Gasteiger charge is 2.06. The van der Waals surface area contributed by atoms with Gasteiger partial charge >= 0.3 is 0 Å². The van der Waals surface area contributed by atoms with Crippen molar-refractivity contribution in [3.05, 3.63) is 63.2 Å². The molecule has 22 heavy (non-hydrogen) atoms. The van der Waals surface area contributed by atoms with Gasteiger partial charge in [0.05, 0.1) is 20.7 Å². The van der Waals surface area contributed by atoms with Crippen LogP contribution in [0.15, 0.2) is 53.1 Å². The molecule has 0 saturated carbocycles. The number of benzene rings is 2. The fraction of sp³-hybridized carbons (Fsp3) is 0.0625. The van der Waals surface area contributed by atoms with E-state index < -0.39 is 0 Å². The lowest BCUT2D eigenvalue weighted by Gasteiger charge is -2.09. The van der Waals surface area contributed by atoms with Crippen LogP contribution in [-0.2, 0) is 7.05 Å². The molecule has 112 valence electrons. The van der Waals surface area contributed by atoms with Gasteiger partial charge in [-0.2, -0.15) is 5.10 Å². The second-order valence-electron chi connectivity index (χ2n) is 4.80. The van der Waals surface area contributed by atoms with Crippen LogP contribution in [0.1, 0.15) is 0 Å². The lowest BCUT2D eigenvalue weighted by Crippen LogP contribution is -1.99. The van der Waals surface area contributed by atoms with Crippen molar-refractivity contribution in [2.75, 3.05) is 5.32 Å². The Balaban J connectivity index is 1.85. The molecule has 3 nitrogen and oxygen atoms in total. The number of rotatable bonds is 3. The zero-order valence-corrected chi connectivity index (χ0v) is 14.7. The molecule has 0 aliphatic carbocycles. The zero-order chi connectivity index (χ0) is 15.7. The van der Waals surface area contributed by atoms with Crippen LogP contribution in [0, 0.1) is 0 Å². The largest absolute Gasteiger partial charge is 0.340 e. The van der Waals surface area contributed by atoms with Crippen LogP contribution < -0.4 is 5.32 Å². The van der Waals surface area contributed by atoms with Crippen molar-refractivity contribution < 1.29 is 0 Å². The van der Waals surface area contributed by atoms with Crippen LogP contribution in [0.25, 0.3) is 11.1 Å². The summed E-state index contributed by atoms with van der Waals surface area (Å²) < 4.78 is 2.69. The van der Waals surface area contributed by atoms with E-state index in [0.29, 0.717) is 10.0 Å². The molecule has 0 spiro atoms. The van der Waals surface area contributed by atoms with Gasteiger partial charge < -0.3 is 5.32 Å². The Kier molecular flexibility index (Phi) is 4.43. The minimum absolute atomic E-state index is 0.556. The molecule has 0 radical (unpaired) electrons. The van der Waals surface area contributed by atoms with E-state index in [2.05, 4.69) is 26.3 Å². The first-order chi connectivity index (χ1) is 10.5. The summed E-state index contributed by atoms with van der Waals surface area (Å²) in [6.07, 6.45) is 1.76. The van der Waals surface area contributed by atoms with Crippen molar-refractivity contribution in [1.82, 2.24) is 9.78 Å². The second-order valence-corrected chi connectivity index (χ2v) is 6.46. The molecular weight excluding hydrogens is 385 g/mol. The maximum atomic E-state index is 6.07. The minimum Gasteiger partial charge on any atom is -0.340 e. The molecule has 0 aliphatic rings. The van der Waals surface area contributed by atoms with Crippen LogP contribution in [0.2, 0.25) is 10.0 Å². The molecule has 0 atom stereocenters. The smallest absolute Gasteiger partial charge is 0.142 e. The van der Waals surface area contributed by atoms with Crippen LogP contribution in [0.4, 0.5) is 11.5 Å². The van der Waals surface area contributed by atoms with Crippen LogP contribution in [-0.4, -0.2) is 9.78 Å². The van der Waals surface area contributed by atoms with Gasteiger partial charge in [0.15, 0.2) is 0 Å². The van der Waals surface area contributed by atoms with E-state index in [0.717, 1.165) is 27.1 Å². The van der Waals surface area contributed by atoms with Gasteiger partial charge in [-0.15, -0.1) is 0 Å². The zero-order valence-electron chi connectivity index (χ0n) is 11.6. The molecule has 0 unspecified atom stereocenters. The fourth-order valence-corrected chi connectivity index (χ4v) is 2.86. The first-order valence-electron chi connectivity index (χ1n) is 6.54. The third-order valence-electron chi connectivity index (χ3n) is 3.29. The molecule has 1 aromatic heterocycles. The summed E-state index contributed by atoms with van der Waals surface area (Å²) in [7, 11) is 1.89. The van der Waals surface area contributed by atoms with Gasteiger partial charge in [0.25, 0.3) is 0 Å². The van der Waals surface area contributed by atoms with Crippen LogP contribution >= 0.6 is 39.1 Å². The predicted molar refractivity (Wildman–Crippen MR) is 96.1 cm³/mol. The number of hydrogen-bond donors (Lipinski definition) is 1. The number of nitrogens with one attached hydrogen (secondary N) is 1. The first-order valence-corrected chi connectivity index (χ1v) is 8.09. The Morgan fingerprint density at radius 2 is 1.68 bits per heavy atom. The molecule has 0 aliphatic heterocycles. The molecule has 6 heteroatoms. The van der Waals surface area contributed by atoms with E-state index >= 15 is 0 Å². The molecule has 0 amide bonds. The van der Waals surface area contributed by atoms with Gasteiger partial charge in [-0.3, -0.25) is 4.68 Å². The third kappa shape index (κ3) is 3.14. The Morgan fingerprint density at radius 3 is 2.27 bits per heavy atom. The molecule has 1 N–H and O–H groups in total. The molecular formula is C16H12BrCl2N3. The van der Waals surface area contributed by atoms with Crippen molar-refractivity contribution >= 4 is 50.6 Å². The van der Waals surface area contributed by atoms with Crippen LogP contribution in [0.3, 0.4) is 0 Å². The molecule has 0 saturated heterocycles. The maximum absolute atomic E-state index is 6.07. The molecule has 2 aromatic carbocycles. The average Bonchev–Trinajstić information content (AvgIpc) is 2.83. The molecule has 3 aromatic rings. The Bertz CT molecular complexity index is 793. The molecule has 0 bridgehead atoms. The summed E-state index contributed by atoms with van der Waals surface area (Å²) in [5, 5.41) is 8.62. The minimum atomic E-state index is 0.556.